The second-order valence-electron chi connectivity index (χ2n) is 4.36. The smallest absolute Gasteiger partial charge is 0.144 e. The Bertz CT molecular complexity index is 531. The van der Waals surface area contributed by atoms with Crippen LogP contribution in [0.4, 0.5) is 0 Å². The van der Waals surface area contributed by atoms with Crippen molar-refractivity contribution in [3.8, 4) is 0 Å². The van der Waals surface area contributed by atoms with Crippen LogP contribution in [0.5, 0.6) is 0 Å². The van der Waals surface area contributed by atoms with Gasteiger partial charge in [-0.15, -0.1) is 0 Å². The lowest BCUT2D eigenvalue weighted by Gasteiger charge is -2.13. The Morgan fingerprint density at radius 3 is 2.56 bits per heavy atom. The van der Waals surface area contributed by atoms with Gasteiger partial charge in [-0.2, -0.15) is 4.37 Å². The van der Waals surface area contributed by atoms with E-state index in [4.69, 9.17) is 0 Å². The van der Waals surface area contributed by atoms with Gasteiger partial charge in [0, 0.05) is 11.1 Å². The Balaban J connectivity index is 2.83. The lowest BCUT2D eigenvalue weighted by molar-refractivity contribution is 0.279. The van der Waals surface area contributed by atoms with E-state index in [1.807, 2.05) is 6.92 Å². The minimum atomic E-state index is -0.0108. The highest BCUT2D eigenvalue weighted by Crippen LogP contribution is 2.31. The Labute approximate surface area is 99.3 Å². The summed E-state index contributed by atoms with van der Waals surface area (Å²) < 4.78 is 4.25. The molecule has 0 aromatic carbocycles. The van der Waals surface area contributed by atoms with Crippen molar-refractivity contribution in [1.82, 2.24) is 9.36 Å². The van der Waals surface area contributed by atoms with Crippen molar-refractivity contribution >= 4 is 21.7 Å². The van der Waals surface area contributed by atoms with E-state index in [2.05, 4.69) is 30.1 Å². The van der Waals surface area contributed by atoms with Gasteiger partial charge >= 0.3 is 0 Å². The quantitative estimate of drug-likeness (QED) is 0.872. The molecule has 3 nitrogen and oxygen atoms in total. The van der Waals surface area contributed by atoms with Crippen LogP contribution in [-0.2, 0) is 6.61 Å². The van der Waals surface area contributed by atoms with Crippen LogP contribution < -0.4 is 0 Å². The van der Waals surface area contributed by atoms with Gasteiger partial charge in [0.1, 0.15) is 4.83 Å². The third-order valence-corrected chi connectivity index (χ3v) is 3.69. The minimum Gasteiger partial charge on any atom is -0.390 e. The largest absolute Gasteiger partial charge is 0.390 e. The number of aromatic nitrogens is 2. The predicted molar refractivity (Wildman–Crippen MR) is 66.9 cm³/mol. The van der Waals surface area contributed by atoms with Gasteiger partial charge in [-0.25, -0.2) is 4.98 Å². The summed E-state index contributed by atoms with van der Waals surface area (Å²) in [5.41, 5.74) is 4.33. The van der Waals surface area contributed by atoms with Gasteiger partial charge in [-0.1, -0.05) is 13.8 Å². The van der Waals surface area contributed by atoms with E-state index in [1.165, 1.54) is 22.7 Å². The molecular weight excluding hydrogens is 220 g/mol. The third-order valence-electron chi connectivity index (χ3n) is 2.91. The topological polar surface area (TPSA) is 46.0 Å². The van der Waals surface area contributed by atoms with Crippen LogP contribution >= 0.6 is 11.5 Å². The first kappa shape index (κ1) is 11.5. The summed E-state index contributed by atoms with van der Waals surface area (Å²) in [7, 11) is 0. The second kappa shape index (κ2) is 4.11. The molecule has 0 saturated heterocycles. The van der Waals surface area contributed by atoms with E-state index in [0.29, 0.717) is 5.92 Å². The monoisotopic (exact) mass is 236 g/mol. The summed E-state index contributed by atoms with van der Waals surface area (Å²) >= 11 is 1.37. The highest BCUT2D eigenvalue weighted by Gasteiger charge is 2.16. The lowest BCUT2D eigenvalue weighted by atomic mass is 9.94. The summed E-state index contributed by atoms with van der Waals surface area (Å²) in [5.74, 6) is 0.448. The molecule has 2 aromatic heterocycles. The summed E-state index contributed by atoms with van der Waals surface area (Å²) in [6, 6.07) is 0. The molecule has 0 bridgehead atoms. The Hall–Kier alpha value is -1.00. The Morgan fingerprint density at radius 2 is 2.00 bits per heavy atom. The van der Waals surface area contributed by atoms with E-state index in [0.717, 1.165) is 21.6 Å². The fourth-order valence-corrected chi connectivity index (χ4v) is 3.23. The number of aryl methyl sites for hydroxylation is 2. The van der Waals surface area contributed by atoms with Gasteiger partial charge in [0.2, 0.25) is 0 Å². The molecule has 2 aromatic rings. The molecule has 0 atom stereocenters. The summed E-state index contributed by atoms with van der Waals surface area (Å²) in [6.45, 7) is 8.46. The zero-order valence-corrected chi connectivity index (χ0v) is 10.9. The normalized spacial score (nSPS) is 11.6. The number of aliphatic hydroxyl groups is 1. The number of rotatable bonds is 2. The molecule has 0 aliphatic rings. The van der Waals surface area contributed by atoms with E-state index in [-0.39, 0.29) is 6.61 Å². The fraction of sp³-hybridized carbons (Fsp3) is 0.500. The standard InChI is InChI=1S/C12H16N2OS/c1-6(2)10-7(3)11-9(5-15)14-16-12(11)13-8(10)4/h6,15H,5H2,1-4H3. The molecule has 0 amide bonds. The van der Waals surface area contributed by atoms with Gasteiger partial charge in [0.05, 0.1) is 12.3 Å². The first-order chi connectivity index (χ1) is 7.56. The van der Waals surface area contributed by atoms with E-state index in [9.17, 15) is 5.11 Å². The summed E-state index contributed by atoms with van der Waals surface area (Å²) in [4.78, 5) is 5.50. The van der Waals surface area contributed by atoms with Gasteiger partial charge in [0.15, 0.2) is 0 Å². The minimum absolute atomic E-state index is 0.0108. The number of hydrogen-bond acceptors (Lipinski definition) is 4. The molecular formula is C12H16N2OS. The fourth-order valence-electron chi connectivity index (χ4n) is 2.34. The number of nitrogens with zero attached hydrogens (tertiary/aromatic N) is 2. The lowest BCUT2D eigenvalue weighted by Crippen LogP contribution is -2.00. The number of aliphatic hydroxyl groups excluding tert-OH is 1. The first-order valence-electron chi connectivity index (χ1n) is 5.42. The molecule has 16 heavy (non-hydrogen) atoms. The van der Waals surface area contributed by atoms with Crippen molar-refractivity contribution in [1.29, 1.82) is 0 Å². The first-order valence-corrected chi connectivity index (χ1v) is 6.19. The van der Waals surface area contributed by atoms with Crippen LogP contribution in [0.1, 0.15) is 42.3 Å². The van der Waals surface area contributed by atoms with Crippen LogP contribution in [0.15, 0.2) is 0 Å². The van der Waals surface area contributed by atoms with Gasteiger partial charge in [-0.05, 0) is 42.4 Å². The SMILES string of the molecule is Cc1nc2snc(CO)c2c(C)c1C(C)C. The molecule has 0 aliphatic carbocycles. The molecule has 1 N–H and O–H groups in total. The van der Waals surface area contributed by atoms with Crippen molar-refractivity contribution in [3.63, 3.8) is 0 Å². The Kier molecular flexibility index (Phi) is 2.95. The molecule has 0 radical (unpaired) electrons. The van der Waals surface area contributed by atoms with Crippen molar-refractivity contribution < 1.29 is 5.11 Å². The van der Waals surface area contributed by atoms with Crippen molar-refractivity contribution in [3.05, 3.63) is 22.5 Å². The number of fused-ring (bicyclic) bond motifs is 1. The predicted octanol–water partition coefficient (Wildman–Crippen LogP) is 2.92. The molecule has 2 heterocycles. The molecule has 2 rings (SSSR count). The number of pyridine rings is 1. The van der Waals surface area contributed by atoms with Crippen LogP contribution in [0, 0.1) is 13.8 Å². The van der Waals surface area contributed by atoms with Crippen LogP contribution in [0.2, 0.25) is 0 Å². The van der Waals surface area contributed by atoms with Gasteiger partial charge in [0.25, 0.3) is 0 Å². The van der Waals surface area contributed by atoms with Crippen molar-refractivity contribution in [2.75, 3.05) is 0 Å². The van der Waals surface area contributed by atoms with Gasteiger partial charge < -0.3 is 5.11 Å². The average Bonchev–Trinajstić information content (AvgIpc) is 2.59. The maximum absolute atomic E-state index is 9.26. The molecule has 0 aliphatic heterocycles. The zero-order valence-electron chi connectivity index (χ0n) is 10.0. The third kappa shape index (κ3) is 1.62. The maximum atomic E-state index is 9.26. The Morgan fingerprint density at radius 1 is 1.31 bits per heavy atom. The van der Waals surface area contributed by atoms with Crippen LogP contribution in [0.3, 0.4) is 0 Å². The highest BCUT2D eigenvalue weighted by atomic mass is 32.1. The van der Waals surface area contributed by atoms with E-state index < -0.39 is 0 Å². The molecule has 0 unspecified atom stereocenters. The average molecular weight is 236 g/mol. The van der Waals surface area contributed by atoms with Crippen molar-refractivity contribution in [2.24, 2.45) is 0 Å². The van der Waals surface area contributed by atoms with Crippen LogP contribution in [0.25, 0.3) is 10.2 Å². The van der Waals surface area contributed by atoms with E-state index >= 15 is 0 Å². The molecule has 0 spiro atoms. The van der Waals surface area contributed by atoms with Gasteiger partial charge in [-0.3, -0.25) is 0 Å². The molecule has 0 saturated carbocycles. The molecule has 4 heteroatoms. The second-order valence-corrected chi connectivity index (χ2v) is 5.11. The maximum Gasteiger partial charge on any atom is 0.144 e. The van der Waals surface area contributed by atoms with E-state index in [1.54, 1.807) is 0 Å². The summed E-state index contributed by atoms with van der Waals surface area (Å²) in [5, 5.41) is 10.3. The summed E-state index contributed by atoms with van der Waals surface area (Å²) in [6.07, 6.45) is 0. The molecule has 0 fully saturated rings. The van der Waals surface area contributed by atoms with Crippen molar-refractivity contribution in [2.45, 2.75) is 40.2 Å². The van der Waals surface area contributed by atoms with Crippen LogP contribution in [-0.4, -0.2) is 14.5 Å². The number of hydrogen-bond donors (Lipinski definition) is 1. The molecule has 86 valence electrons. The zero-order chi connectivity index (χ0) is 11.9. The highest BCUT2D eigenvalue weighted by molar-refractivity contribution is 7.13.